The fraction of sp³-hybridized carbons (Fsp3) is 0.565. The summed E-state index contributed by atoms with van der Waals surface area (Å²) in [6, 6.07) is -3.81. The fourth-order valence-corrected chi connectivity index (χ4v) is 4.17. The average Bonchev–Trinajstić information content (AvgIpc) is 3.64. The number of aromatic amines is 2. The van der Waals surface area contributed by atoms with Crippen molar-refractivity contribution in [1.82, 2.24) is 35.5 Å². The molecule has 7 N–H and O–H groups in total. The number of carbonyl (C=O) groups is 4. The molecular formula is C23H34N8O5. The number of nitrogens with zero attached hydrogens (tertiary/aromatic N) is 3. The van der Waals surface area contributed by atoms with E-state index in [0.29, 0.717) is 30.8 Å². The van der Waals surface area contributed by atoms with Gasteiger partial charge in [-0.1, -0.05) is 20.3 Å². The van der Waals surface area contributed by atoms with Crippen molar-refractivity contribution in [2.75, 3.05) is 6.54 Å². The summed E-state index contributed by atoms with van der Waals surface area (Å²) in [5.74, 6) is -2.71. The summed E-state index contributed by atoms with van der Waals surface area (Å²) in [6.07, 6.45) is 7.71. The Kier molecular flexibility index (Phi) is 9.17. The van der Waals surface area contributed by atoms with E-state index in [2.05, 4.69) is 30.6 Å². The quantitative estimate of drug-likeness (QED) is 0.219. The smallest absolute Gasteiger partial charge is 0.326 e. The van der Waals surface area contributed by atoms with E-state index in [9.17, 15) is 24.3 Å². The number of carboxylic acids is 1. The van der Waals surface area contributed by atoms with Crippen LogP contribution in [0.1, 0.15) is 44.5 Å². The van der Waals surface area contributed by atoms with Gasteiger partial charge < -0.3 is 36.3 Å². The van der Waals surface area contributed by atoms with Crippen LogP contribution in [0.4, 0.5) is 0 Å². The molecule has 1 fully saturated rings. The third kappa shape index (κ3) is 6.68. The van der Waals surface area contributed by atoms with Gasteiger partial charge in [0.1, 0.15) is 18.1 Å². The number of nitrogens with one attached hydrogen (secondary N) is 4. The van der Waals surface area contributed by atoms with Crippen molar-refractivity contribution >= 4 is 23.7 Å². The third-order valence-electron chi connectivity index (χ3n) is 6.59. The van der Waals surface area contributed by atoms with Gasteiger partial charge in [0.2, 0.25) is 17.7 Å². The van der Waals surface area contributed by atoms with Crippen molar-refractivity contribution in [3.63, 3.8) is 0 Å². The number of hydrogen-bond donors (Lipinski definition) is 6. The molecule has 3 heterocycles. The molecule has 5 unspecified atom stereocenters. The van der Waals surface area contributed by atoms with Gasteiger partial charge in [0.25, 0.3) is 0 Å². The summed E-state index contributed by atoms with van der Waals surface area (Å²) in [5.41, 5.74) is 7.25. The zero-order chi connectivity index (χ0) is 26.2. The predicted molar refractivity (Wildman–Crippen MR) is 128 cm³/mol. The third-order valence-corrected chi connectivity index (χ3v) is 6.59. The van der Waals surface area contributed by atoms with E-state index in [0.717, 1.165) is 6.42 Å². The summed E-state index contributed by atoms with van der Waals surface area (Å²) in [7, 11) is 0. The first kappa shape index (κ1) is 26.9. The van der Waals surface area contributed by atoms with Gasteiger partial charge in [-0.05, 0) is 18.8 Å². The molecule has 5 atom stereocenters. The number of hydrogen-bond acceptors (Lipinski definition) is 7. The maximum atomic E-state index is 13.3. The number of imidazole rings is 2. The minimum atomic E-state index is -1.24. The minimum Gasteiger partial charge on any atom is -0.480 e. The highest BCUT2D eigenvalue weighted by atomic mass is 16.4. The number of nitrogens with two attached hydrogens (primary N) is 1. The van der Waals surface area contributed by atoms with Crippen molar-refractivity contribution in [3.8, 4) is 0 Å². The Balaban J connectivity index is 1.73. The lowest BCUT2D eigenvalue weighted by atomic mass is 9.98. The standard InChI is InChI=1S/C23H34N8O5/c1-3-13(2)19(24)22(34)31-6-4-5-18(31)21(33)29-16(7-14-9-25-11-27-14)20(32)30-17(23(35)36)8-15-10-26-12-28-15/h9-13,16-19H,3-8,24H2,1-2H3,(H,25,27)(H,26,28)(H,29,33)(H,30,32)(H,35,36). The first-order chi connectivity index (χ1) is 17.2. The summed E-state index contributed by atoms with van der Waals surface area (Å²) in [5, 5.41) is 14.8. The molecule has 196 valence electrons. The highest BCUT2D eigenvalue weighted by Gasteiger charge is 2.39. The van der Waals surface area contributed by atoms with E-state index in [1.165, 1.54) is 29.9 Å². The second-order valence-electron chi connectivity index (χ2n) is 9.12. The maximum absolute atomic E-state index is 13.3. The molecule has 0 aliphatic carbocycles. The highest BCUT2D eigenvalue weighted by molar-refractivity contribution is 5.94. The minimum absolute atomic E-state index is 0.00972. The van der Waals surface area contributed by atoms with Gasteiger partial charge in [-0.2, -0.15) is 0 Å². The molecule has 36 heavy (non-hydrogen) atoms. The van der Waals surface area contributed by atoms with E-state index in [-0.39, 0.29) is 24.7 Å². The monoisotopic (exact) mass is 502 g/mol. The first-order valence-electron chi connectivity index (χ1n) is 12.0. The molecular weight excluding hydrogens is 468 g/mol. The van der Waals surface area contributed by atoms with Crippen molar-refractivity contribution in [1.29, 1.82) is 0 Å². The maximum Gasteiger partial charge on any atom is 0.326 e. The molecule has 0 radical (unpaired) electrons. The van der Waals surface area contributed by atoms with Gasteiger partial charge in [0.05, 0.1) is 18.7 Å². The van der Waals surface area contributed by atoms with Gasteiger partial charge in [0.15, 0.2) is 0 Å². The Labute approximate surface area is 208 Å². The summed E-state index contributed by atoms with van der Waals surface area (Å²) in [4.78, 5) is 66.2. The molecule has 13 heteroatoms. The molecule has 0 spiro atoms. The second-order valence-corrected chi connectivity index (χ2v) is 9.12. The number of rotatable bonds is 12. The Hall–Kier alpha value is -3.74. The molecule has 2 aromatic heterocycles. The van der Waals surface area contributed by atoms with E-state index >= 15 is 0 Å². The molecule has 2 aromatic rings. The largest absolute Gasteiger partial charge is 0.480 e. The zero-order valence-corrected chi connectivity index (χ0v) is 20.4. The Morgan fingerprint density at radius 2 is 1.72 bits per heavy atom. The average molecular weight is 503 g/mol. The Bertz CT molecular complexity index is 1030. The van der Waals surface area contributed by atoms with Gasteiger partial charge in [-0.3, -0.25) is 14.4 Å². The molecule has 3 amide bonds. The summed E-state index contributed by atoms with van der Waals surface area (Å²) in [6.45, 7) is 4.24. The van der Waals surface area contributed by atoms with Crippen LogP contribution in [0.15, 0.2) is 25.0 Å². The zero-order valence-electron chi connectivity index (χ0n) is 20.4. The van der Waals surface area contributed by atoms with Crippen molar-refractivity contribution in [3.05, 3.63) is 36.4 Å². The van der Waals surface area contributed by atoms with E-state index < -0.39 is 42.0 Å². The second kappa shape index (κ2) is 12.3. The van der Waals surface area contributed by atoms with Crippen LogP contribution in [0.3, 0.4) is 0 Å². The molecule has 1 aliphatic heterocycles. The molecule has 1 saturated heterocycles. The van der Waals surface area contributed by atoms with Crippen LogP contribution in [0, 0.1) is 5.92 Å². The Morgan fingerprint density at radius 3 is 2.25 bits per heavy atom. The van der Waals surface area contributed by atoms with Crippen LogP contribution in [-0.2, 0) is 32.0 Å². The molecule has 0 saturated carbocycles. The summed E-state index contributed by atoms with van der Waals surface area (Å²) < 4.78 is 0. The van der Waals surface area contributed by atoms with Crippen molar-refractivity contribution < 1.29 is 24.3 Å². The van der Waals surface area contributed by atoms with E-state index in [1.807, 2.05) is 13.8 Å². The first-order valence-corrected chi connectivity index (χ1v) is 12.0. The number of aliphatic carboxylic acids is 1. The lowest BCUT2D eigenvalue weighted by Gasteiger charge is -2.30. The van der Waals surface area contributed by atoms with E-state index in [1.54, 1.807) is 0 Å². The van der Waals surface area contributed by atoms with Crippen LogP contribution in [-0.4, -0.2) is 84.3 Å². The van der Waals surface area contributed by atoms with Gasteiger partial charge in [0, 0.05) is 43.2 Å². The topological polar surface area (TPSA) is 199 Å². The van der Waals surface area contributed by atoms with Crippen LogP contribution >= 0.6 is 0 Å². The number of amides is 3. The number of carbonyl (C=O) groups excluding carboxylic acids is 3. The fourth-order valence-electron chi connectivity index (χ4n) is 4.17. The van der Waals surface area contributed by atoms with Gasteiger partial charge in [-0.15, -0.1) is 0 Å². The van der Waals surface area contributed by atoms with Crippen molar-refractivity contribution in [2.24, 2.45) is 11.7 Å². The lowest BCUT2D eigenvalue weighted by Crippen LogP contribution is -2.57. The summed E-state index contributed by atoms with van der Waals surface area (Å²) >= 11 is 0. The highest BCUT2D eigenvalue weighted by Crippen LogP contribution is 2.21. The SMILES string of the molecule is CCC(C)C(N)C(=O)N1CCCC1C(=O)NC(Cc1cnc[nH]1)C(=O)NC(Cc1cnc[nH]1)C(=O)O. The number of carboxylic acid groups (broad SMARTS) is 1. The molecule has 0 aromatic carbocycles. The number of aromatic nitrogens is 4. The number of H-pyrrole nitrogens is 2. The predicted octanol–water partition coefficient (Wildman–Crippen LogP) is -0.663. The van der Waals surface area contributed by atoms with Crippen molar-refractivity contribution in [2.45, 2.75) is 70.1 Å². The molecule has 1 aliphatic rings. The lowest BCUT2D eigenvalue weighted by molar-refractivity contribution is -0.143. The van der Waals surface area contributed by atoms with Crippen LogP contribution in [0.2, 0.25) is 0 Å². The van der Waals surface area contributed by atoms with Gasteiger partial charge >= 0.3 is 5.97 Å². The normalized spacial score (nSPS) is 18.8. The van der Waals surface area contributed by atoms with Crippen LogP contribution < -0.4 is 16.4 Å². The van der Waals surface area contributed by atoms with Crippen LogP contribution in [0.25, 0.3) is 0 Å². The Morgan fingerprint density at radius 1 is 1.11 bits per heavy atom. The van der Waals surface area contributed by atoms with Gasteiger partial charge in [-0.25, -0.2) is 14.8 Å². The molecule has 13 nitrogen and oxygen atoms in total. The van der Waals surface area contributed by atoms with Crippen LogP contribution in [0.5, 0.6) is 0 Å². The molecule has 3 rings (SSSR count). The molecule has 0 bridgehead atoms. The number of likely N-dealkylation sites (tertiary alicyclic amines) is 1. The van der Waals surface area contributed by atoms with E-state index in [4.69, 9.17) is 5.73 Å².